The number of allylic oxidation sites excluding steroid dienone is 1. The maximum absolute atomic E-state index is 12.3. The lowest BCUT2D eigenvalue weighted by atomic mass is 10.1. The van der Waals surface area contributed by atoms with E-state index in [-0.39, 0.29) is 24.4 Å². The predicted molar refractivity (Wildman–Crippen MR) is 82.4 cm³/mol. The third kappa shape index (κ3) is 5.10. The lowest BCUT2D eigenvalue weighted by Crippen LogP contribution is -2.55. The van der Waals surface area contributed by atoms with Gasteiger partial charge in [-0.1, -0.05) is 6.08 Å². The number of amides is 1. The van der Waals surface area contributed by atoms with E-state index >= 15 is 0 Å². The van der Waals surface area contributed by atoms with Crippen molar-refractivity contribution in [3.63, 3.8) is 0 Å². The Balaban J connectivity index is 1.71. The Labute approximate surface area is 131 Å². The molecule has 2 fully saturated rings. The summed E-state index contributed by atoms with van der Waals surface area (Å²) in [4.78, 5) is 26.0. The molecule has 0 saturated carbocycles. The number of esters is 1. The van der Waals surface area contributed by atoms with Gasteiger partial charge in [0.25, 0.3) is 0 Å². The molecule has 2 unspecified atom stereocenters. The van der Waals surface area contributed by atoms with Crippen LogP contribution in [-0.4, -0.2) is 61.8 Å². The van der Waals surface area contributed by atoms with Gasteiger partial charge in [0.15, 0.2) is 0 Å². The molecule has 0 aliphatic carbocycles. The van der Waals surface area contributed by atoms with Crippen LogP contribution in [0.5, 0.6) is 0 Å². The van der Waals surface area contributed by atoms with Crippen molar-refractivity contribution in [1.29, 1.82) is 0 Å². The summed E-state index contributed by atoms with van der Waals surface area (Å²) in [6.07, 6.45) is 5.72. The van der Waals surface area contributed by atoms with Gasteiger partial charge in [0.05, 0.1) is 18.6 Å². The Morgan fingerprint density at radius 3 is 3.14 bits per heavy atom. The van der Waals surface area contributed by atoms with Crippen molar-refractivity contribution < 1.29 is 19.1 Å². The summed E-state index contributed by atoms with van der Waals surface area (Å²) < 4.78 is 10.6. The molecule has 0 aromatic heterocycles. The van der Waals surface area contributed by atoms with E-state index in [4.69, 9.17) is 9.47 Å². The normalized spacial score (nSPS) is 25.3. The second kappa shape index (κ2) is 8.90. The summed E-state index contributed by atoms with van der Waals surface area (Å²) in [6, 6.07) is -0.463. The van der Waals surface area contributed by atoms with Crippen LogP contribution in [0.3, 0.4) is 0 Å². The van der Waals surface area contributed by atoms with Crippen molar-refractivity contribution in [1.82, 2.24) is 10.2 Å². The molecule has 1 amide bonds. The second-order valence-corrected chi connectivity index (χ2v) is 5.79. The molecule has 1 N–H and O–H groups in total. The molecular weight excluding hydrogens is 284 g/mol. The van der Waals surface area contributed by atoms with Crippen LogP contribution >= 0.6 is 0 Å². The Bertz CT molecular complexity index is 394. The molecule has 0 spiro atoms. The van der Waals surface area contributed by atoms with Crippen molar-refractivity contribution in [2.45, 2.75) is 44.2 Å². The van der Waals surface area contributed by atoms with Gasteiger partial charge in [-0.25, -0.2) is 0 Å². The third-order valence-corrected chi connectivity index (χ3v) is 4.04. The minimum atomic E-state index is -0.463. The van der Waals surface area contributed by atoms with Gasteiger partial charge in [0.2, 0.25) is 5.91 Å². The molecule has 0 aromatic rings. The van der Waals surface area contributed by atoms with Gasteiger partial charge in [0.1, 0.15) is 6.61 Å². The van der Waals surface area contributed by atoms with Crippen LogP contribution < -0.4 is 5.32 Å². The topological polar surface area (TPSA) is 67.9 Å². The lowest BCUT2D eigenvalue weighted by Gasteiger charge is -2.32. The summed E-state index contributed by atoms with van der Waals surface area (Å²) in [5.74, 6) is -0.348. The van der Waals surface area contributed by atoms with Gasteiger partial charge in [-0.3, -0.25) is 9.59 Å². The highest BCUT2D eigenvalue weighted by atomic mass is 16.6. The molecule has 22 heavy (non-hydrogen) atoms. The van der Waals surface area contributed by atoms with Crippen LogP contribution in [0.4, 0.5) is 0 Å². The Morgan fingerprint density at radius 1 is 1.55 bits per heavy atom. The van der Waals surface area contributed by atoms with Crippen molar-refractivity contribution in [3.05, 3.63) is 12.7 Å². The molecule has 0 aromatic carbocycles. The van der Waals surface area contributed by atoms with E-state index in [2.05, 4.69) is 11.9 Å². The third-order valence-electron chi connectivity index (χ3n) is 4.04. The number of unbranched alkanes of at least 4 members (excludes halogenated alkanes) is 1. The molecule has 2 saturated heterocycles. The zero-order chi connectivity index (χ0) is 15.8. The summed E-state index contributed by atoms with van der Waals surface area (Å²) in [6.45, 7) is 6.84. The first kappa shape index (κ1) is 17.0. The highest BCUT2D eigenvalue weighted by Gasteiger charge is 2.30. The predicted octanol–water partition coefficient (Wildman–Crippen LogP) is 0.865. The van der Waals surface area contributed by atoms with Crippen molar-refractivity contribution in [2.75, 3.05) is 32.8 Å². The van der Waals surface area contributed by atoms with Crippen LogP contribution in [0.2, 0.25) is 0 Å². The number of carbonyl (C=O) groups excluding carboxylic acids is 2. The summed E-state index contributed by atoms with van der Waals surface area (Å²) >= 11 is 0. The maximum Gasteiger partial charge on any atom is 0.308 e. The number of carbonyl (C=O) groups is 2. The van der Waals surface area contributed by atoms with Gasteiger partial charge in [0, 0.05) is 26.2 Å². The zero-order valence-corrected chi connectivity index (χ0v) is 13.1. The fraction of sp³-hybridized carbons (Fsp3) is 0.750. The van der Waals surface area contributed by atoms with Gasteiger partial charge in [-0.05, 0) is 25.7 Å². The summed E-state index contributed by atoms with van der Waals surface area (Å²) in [7, 11) is 0. The molecule has 2 atom stereocenters. The number of hydrogen-bond acceptors (Lipinski definition) is 5. The maximum atomic E-state index is 12.3. The average molecular weight is 310 g/mol. The molecule has 2 aliphatic rings. The van der Waals surface area contributed by atoms with Gasteiger partial charge in [-0.2, -0.15) is 0 Å². The van der Waals surface area contributed by atoms with Crippen LogP contribution in [0.25, 0.3) is 0 Å². The molecule has 0 bridgehead atoms. The van der Waals surface area contributed by atoms with Crippen LogP contribution in [-0.2, 0) is 19.1 Å². The first-order valence-corrected chi connectivity index (χ1v) is 8.11. The average Bonchev–Trinajstić information content (AvgIpc) is 3.02. The van der Waals surface area contributed by atoms with Gasteiger partial charge < -0.3 is 19.7 Å². The number of nitrogens with one attached hydrogen (secondary N) is 1. The van der Waals surface area contributed by atoms with Gasteiger partial charge in [-0.15, -0.1) is 6.58 Å². The fourth-order valence-electron chi connectivity index (χ4n) is 2.79. The van der Waals surface area contributed by atoms with Crippen molar-refractivity contribution in [3.8, 4) is 0 Å². The first-order valence-electron chi connectivity index (χ1n) is 8.11. The van der Waals surface area contributed by atoms with Gasteiger partial charge >= 0.3 is 5.97 Å². The van der Waals surface area contributed by atoms with Crippen molar-refractivity contribution in [2.24, 2.45) is 0 Å². The highest BCUT2D eigenvalue weighted by Crippen LogP contribution is 2.13. The number of nitrogens with zero attached hydrogens (tertiary/aromatic N) is 1. The molecular formula is C16H26N2O4. The minimum Gasteiger partial charge on any atom is -0.463 e. The molecule has 0 radical (unpaired) electrons. The van der Waals surface area contributed by atoms with Crippen LogP contribution in [0.1, 0.15) is 32.1 Å². The fourth-order valence-corrected chi connectivity index (χ4v) is 2.79. The lowest BCUT2D eigenvalue weighted by molar-refractivity contribution is -0.151. The SMILES string of the molecule is C=CCCCN1CCNC(CC(=O)OCC2CCCO2)C1=O. The summed E-state index contributed by atoms with van der Waals surface area (Å²) in [5, 5.41) is 3.10. The summed E-state index contributed by atoms with van der Waals surface area (Å²) in [5.41, 5.74) is 0. The largest absolute Gasteiger partial charge is 0.463 e. The molecule has 2 rings (SSSR count). The molecule has 2 heterocycles. The Morgan fingerprint density at radius 2 is 2.41 bits per heavy atom. The first-order chi connectivity index (χ1) is 10.7. The number of ether oxygens (including phenoxy) is 2. The number of hydrogen-bond donors (Lipinski definition) is 1. The van der Waals surface area contributed by atoms with E-state index in [1.165, 1.54) is 0 Å². The highest BCUT2D eigenvalue weighted by molar-refractivity contribution is 5.87. The molecule has 124 valence electrons. The molecule has 6 nitrogen and oxygen atoms in total. The smallest absolute Gasteiger partial charge is 0.308 e. The van der Waals surface area contributed by atoms with E-state index < -0.39 is 6.04 Å². The minimum absolute atomic E-state index is 0.00983. The van der Waals surface area contributed by atoms with E-state index in [1.54, 1.807) is 0 Å². The standard InChI is InChI=1S/C16H26N2O4/c1-2-3-4-8-18-9-7-17-14(16(18)20)11-15(19)22-12-13-6-5-10-21-13/h2,13-14,17H,1,3-12H2. The number of piperazine rings is 1. The Kier molecular flexibility index (Phi) is 6.86. The number of rotatable bonds is 8. The van der Waals surface area contributed by atoms with Crippen LogP contribution in [0.15, 0.2) is 12.7 Å². The van der Waals surface area contributed by atoms with Crippen molar-refractivity contribution >= 4 is 11.9 Å². The van der Waals surface area contributed by atoms with E-state index in [1.807, 2.05) is 11.0 Å². The van der Waals surface area contributed by atoms with E-state index in [0.29, 0.717) is 26.2 Å². The molecule has 6 heteroatoms. The zero-order valence-electron chi connectivity index (χ0n) is 13.1. The van der Waals surface area contributed by atoms with E-state index in [9.17, 15) is 9.59 Å². The van der Waals surface area contributed by atoms with E-state index in [0.717, 1.165) is 32.3 Å². The van der Waals surface area contributed by atoms with Crippen LogP contribution in [0, 0.1) is 0 Å². The second-order valence-electron chi connectivity index (χ2n) is 5.79. The monoisotopic (exact) mass is 310 g/mol. The molecule has 2 aliphatic heterocycles. The Hall–Kier alpha value is -1.40. The quantitative estimate of drug-likeness (QED) is 0.409.